The van der Waals surface area contributed by atoms with Crippen molar-refractivity contribution in [2.24, 2.45) is 0 Å². The van der Waals surface area contributed by atoms with E-state index in [1.807, 2.05) is 0 Å². The molecule has 0 spiro atoms. The van der Waals surface area contributed by atoms with Crippen LogP contribution in [0.15, 0.2) is 24.3 Å². The summed E-state index contributed by atoms with van der Waals surface area (Å²) in [6, 6.07) is 6.60. The molecule has 3 N–H and O–H groups in total. The Bertz CT molecular complexity index is 569. The van der Waals surface area contributed by atoms with Gasteiger partial charge in [-0.15, -0.1) is 0 Å². The average molecular weight is 324 g/mol. The molecule has 6 nitrogen and oxygen atoms in total. The second kappa shape index (κ2) is 6.31. The summed E-state index contributed by atoms with van der Waals surface area (Å²) in [4.78, 5) is 33.8. The standard InChI is InChI=1S/C15H20O6Si/c1-22(2,3)11-6-4-10(5-7-11)15(14(20)21,8-12(16)17)9-13(18)19/h4-7H,8-9H2,1-3H3,(H,16,17)(H,18,19)(H,20,21). The minimum atomic E-state index is -1.96. The largest absolute Gasteiger partial charge is 0.481 e. The number of aliphatic carboxylic acids is 3. The Kier molecular flexibility index (Phi) is 5.13. The van der Waals surface area contributed by atoms with Crippen LogP contribution in [0.25, 0.3) is 0 Å². The molecule has 1 aromatic rings. The Morgan fingerprint density at radius 1 is 0.909 bits per heavy atom. The maximum Gasteiger partial charge on any atom is 0.315 e. The molecule has 1 rings (SSSR count). The van der Waals surface area contributed by atoms with Crippen molar-refractivity contribution in [3.63, 3.8) is 0 Å². The van der Waals surface area contributed by atoms with E-state index in [-0.39, 0.29) is 5.56 Å². The summed E-state index contributed by atoms with van der Waals surface area (Å²) in [5.41, 5.74) is -1.76. The quantitative estimate of drug-likeness (QED) is 0.655. The van der Waals surface area contributed by atoms with Gasteiger partial charge in [-0.25, -0.2) is 0 Å². The van der Waals surface area contributed by atoms with Crippen LogP contribution in [-0.4, -0.2) is 41.3 Å². The van der Waals surface area contributed by atoms with Crippen LogP contribution >= 0.6 is 0 Å². The van der Waals surface area contributed by atoms with Gasteiger partial charge in [0.1, 0.15) is 5.41 Å². The van der Waals surface area contributed by atoms with Gasteiger partial charge in [-0.05, 0) is 5.56 Å². The topological polar surface area (TPSA) is 112 Å². The van der Waals surface area contributed by atoms with Crippen molar-refractivity contribution < 1.29 is 29.7 Å². The maximum atomic E-state index is 11.7. The van der Waals surface area contributed by atoms with Crippen LogP contribution in [0.4, 0.5) is 0 Å². The summed E-state index contributed by atoms with van der Waals surface area (Å²) >= 11 is 0. The molecular formula is C15H20O6Si. The second-order valence-corrected chi connectivity index (χ2v) is 11.4. The fourth-order valence-electron chi connectivity index (χ4n) is 2.35. The van der Waals surface area contributed by atoms with E-state index in [9.17, 15) is 19.5 Å². The highest BCUT2D eigenvalue weighted by Gasteiger charge is 2.44. The fourth-order valence-corrected chi connectivity index (χ4v) is 3.51. The van der Waals surface area contributed by atoms with Crippen molar-refractivity contribution in [2.75, 3.05) is 0 Å². The summed E-state index contributed by atoms with van der Waals surface area (Å²) in [7, 11) is -1.59. The van der Waals surface area contributed by atoms with Gasteiger partial charge in [0.25, 0.3) is 0 Å². The predicted octanol–water partition coefficient (Wildman–Crippen LogP) is 1.50. The minimum absolute atomic E-state index is 0.201. The first-order valence-electron chi connectivity index (χ1n) is 6.77. The molecule has 0 aliphatic rings. The van der Waals surface area contributed by atoms with E-state index in [4.69, 9.17) is 10.2 Å². The molecule has 7 heteroatoms. The monoisotopic (exact) mass is 324 g/mol. The molecule has 0 saturated carbocycles. The number of carboxylic acids is 3. The Labute approximate surface area is 129 Å². The van der Waals surface area contributed by atoms with Gasteiger partial charge in [-0.1, -0.05) is 49.1 Å². The van der Waals surface area contributed by atoms with E-state index in [2.05, 4.69) is 19.6 Å². The highest BCUT2D eigenvalue weighted by molar-refractivity contribution is 6.88. The number of carboxylic acid groups (broad SMARTS) is 3. The Hall–Kier alpha value is -2.15. The summed E-state index contributed by atoms with van der Waals surface area (Å²) in [5.74, 6) is -4.14. The number of carbonyl (C=O) groups is 3. The molecule has 0 atom stereocenters. The van der Waals surface area contributed by atoms with E-state index in [1.165, 1.54) is 12.1 Å². The number of rotatable bonds is 7. The third-order valence-electron chi connectivity index (χ3n) is 3.62. The highest BCUT2D eigenvalue weighted by Crippen LogP contribution is 2.32. The van der Waals surface area contributed by atoms with Crippen LogP contribution in [0.2, 0.25) is 19.6 Å². The Balaban J connectivity index is 3.40. The summed E-state index contributed by atoms with van der Waals surface area (Å²) in [5, 5.41) is 28.6. The highest BCUT2D eigenvalue weighted by atomic mass is 28.3. The molecule has 0 bridgehead atoms. The molecule has 0 aromatic heterocycles. The molecule has 0 unspecified atom stereocenters. The van der Waals surface area contributed by atoms with Crippen LogP contribution < -0.4 is 5.19 Å². The van der Waals surface area contributed by atoms with Crippen LogP contribution in [0.3, 0.4) is 0 Å². The normalized spacial score (nSPS) is 12.0. The van der Waals surface area contributed by atoms with Gasteiger partial charge in [0, 0.05) is 0 Å². The lowest BCUT2D eigenvalue weighted by molar-refractivity contribution is -0.154. The Morgan fingerprint density at radius 3 is 1.59 bits per heavy atom. The van der Waals surface area contributed by atoms with Crippen molar-refractivity contribution in [3.8, 4) is 0 Å². The lowest BCUT2D eigenvalue weighted by atomic mass is 9.75. The van der Waals surface area contributed by atoms with Crippen LogP contribution in [0, 0.1) is 0 Å². The van der Waals surface area contributed by atoms with Gasteiger partial charge in [0.05, 0.1) is 20.9 Å². The predicted molar refractivity (Wildman–Crippen MR) is 83.2 cm³/mol. The molecule has 0 heterocycles. The molecule has 1 aromatic carbocycles. The number of hydrogen-bond donors (Lipinski definition) is 3. The van der Waals surface area contributed by atoms with Gasteiger partial charge in [0.2, 0.25) is 0 Å². The smallest absolute Gasteiger partial charge is 0.315 e. The van der Waals surface area contributed by atoms with Crippen molar-refractivity contribution in [3.05, 3.63) is 29.8 Å². The molecule has 0 fully saturated rings. The Morgan fingerprint density at radius 2 is 1.32 bits per heavy atom. The third-order valence-corrected chi connectivity index (χ3v) is 5.68. The lowest BCUT2D eigenvalue weighted by Gasteiger charge is -2.27. The SMILES string of the molecule is C[Si](C)(C)c1ccc(C(CC(=O)O)(CC(=O)O)C(=O)O)cc1. The first-order chi connectivity index (χ1) is 9.99. The zero-order chi connectivity index (χ0) is 17.1. The maximum absolute atomic E-state index is 11.7. The minimum Gasteiger partial charge on any atom is -0.481 e. The van der Waals surface area contributed by atoms with E-state index >= 15 is 0 Å². The molecule has 0 aliphatic carbocycles. The molecular weight excluding hydrogens is 304 g/mol. The van der Waals surface area contributed by atoms with Crippen molar-refractivity contribution in [1.29, 1.82) is 0 Å². The van der Waals surface area contributed by atoms with Crippen LogP contribution in [0.5, 0.6) is 0 Å². The van der Waals surface area contributed by atoms with E-state index in [0.717, 1.165) is 5.19 Å². The van der Waals surface area contributed by atoms with Crippen molar-refractivity contribution in [2.45, 2.75) is 37.9 Å². The van der Waals surface area contributed by atoms with E-state index in [0.29, 0.717) is 0 Å². The zero-order valence-electron chi connectivity index (χ0n) is 12.8. The number of hydrogen-bond acceptors (Lipinski definition) is 3. The van der Waals surface area contributed by atoms with Gasteiger partial charge in [0.15, 0.2) is 0 Å². The molecule has 0 amide bonds. The van der Waals surface area contributed by atoms with Crippen molar-refractivity contribution in [1.82, 2.24) is 0 Å². The lowest BCUT2D eigenvalue weighted by Crippen LogP contribution is -2.41. The van der Waals surface area contributed by atoms with Crippen molar-refractivity contribution >= 4 is 31.2 Å². The van der Waals surface area contributed by atoms with E-state index < -0.39 is 44.2 Å². The van der Waals surface area contributed by atoms with Gasteiger partial charge in [-0.3, -0.25) is 14.4 Å². The van der Waals surface area contributed by atoms with Crippen LogP contribution in [-0.2, 0) is 19.8 Å². The summed E-state index contributed by atoms with van der Waals surface area (Å²) in [6.07, 6.45) is -1.55. The molecule has 0 saturated heterocycles. The van der Waals surface area contributed by atoms with Gasteiger partial charge >= 0.3 is 17.9 Å². The molecule has 120 valence electrons. The van der Waals surface area contributed by atoms with Crippen LogP contribution in [0.1, 0.15) is 18.4 Å². The van der Waals surface area contributed by atoms with E-state index in [1.54, 1.807) is 12.1 Å². The number of benzene rings is 1. The first kappa shape index (κ1) is 17.9. The summed E-state index contributed by atoms with van der Waals surface area (Å²) in [6.45, 7) is 6.38. The van der Waals surface area contributed by atoms with Gasteiger partial charge < -0.3 is 15.3 Å². The molecule has 0 aliphatic heterocycles. The summed E-state index contributed by atoms with van der Waals surface area (Å²) < 4.78 is 0. The fraction of sp³-hybridized carbons (Fsp3) is 0.400. The molecule has 0 radical (unpaired) electrons. The average Bonchev–Trinajstić information content (AvgIpc) is 2.35. The zero-order valence-corrected chi connectivity index (χ0v) is 13.8. The molecule has 22 heavy (non-hydrogen) atoms. The third kappa shape index (κ3) is 3.94. The van der Waals surface area contributed by atoms with Gasteiger partial charge in [-0.2, -0.15) is 0 Å². The second-order valence-electron chi connectivity index (χ2n) is 6.36. The first-order valence-corrected chi connectivity index (χ1v) is 10.3.